The summed E-state index contributed by atoms with van der Waals surface area (Å²) in [5.41, 5.74) is 2.26. The molecule has 1 fully saturated rings. The van der Waals surface area contributed by atoms with Crippen molar-refractivity contribution in [1.82, 2.24) is 4.72 Å². The molecule has 0 spiro atoms. The Morgan fingerprint density at radius 3 is 2.36 bits per heavy atom. The molecule has 22 heavy (non-hydrogen) atoms. The first-order valence-electron chi connectivity index (χ1n) is 6.06. The summed E-state index contributed by atoms with van der Waals surface area (Å²) in [6, 6.07) is 1.27. The van der Waals surface area contributed by atoms with Crippen molar-refractivity contribution in [3.8, 4) is 0 Å². The molecule has 10 heteroatoms. The molecule has 1 unspecified atom stereocenters. The van der Waals surface area contributed by atoms with Gasteiger partial charge in [-0.25, -0.2) is 22.3 Å². The first-order chi connectivity index (χ1) is 10.1. The smallest absolute Gasteiger partial charge is 0.250 e. The lowest BCUT2D eigenvalue weighted by molar-refractivity contribution is -0.156. The van der Waals surface area contributed by atoms with Crippen molar-refractivity contribution in [2.24, 2.45) is 5.73 Å². The molecule has 1 aromatic carbocycles. The van der Waals surface area contributed by atoms with E-state index in [1.807, 2.05) is 4.72 Å². The molecule has 1 atom stereocenters. The molecule has 1 saturated carbocycles. The normalized spacial score (nSPS) is 20.2. The van der Waals surface area contributed by atoms with E-state index in [1.165, 1.54) is 0 Å². The van der Waals surface area contributed by atoms with Gasteiger partial charge in [-0.05, 0) is 12.1 Å². The highest BCUT2D eigenvalue weighted by molar-refractivity contribution is 7.77. The summed E-state index contributed by atoms with van der Waals surface area (Å²) in [5.74, 6) is -6.45. The monoisotopic (exact) mass is 339 g/mol. The summed E-state index contributed by atoms with van der Waals surface area (Å²) in [6.07, 6.45) is -1.98. The molecule has 0 heterocycles. The Hall–Kier alpha value is -1.52. The molecule has 0 bridgehead atoms. The highest BCUT2D eigenvalue weighted by Crippen LogP contribution is 2.54. The number of carbonyl (C=O) groups is 1. The third-order valence-corrected chi connectivity index (χ3v) is 4.00. The van der Waals surface area contributed by atoms with Crippen molar-refractivity contribution >= 4 is 17.2 Å². The molecule has 1 aromatic rings. The van der Waals surface area contributed by atoms with E-state index in [0.29, 0.717) is 12.1 Å². The van der Waals surface area contributed by atoms with Crippen LogP contribution >= 0.6 is 0 Å². The topological polar surface area (TPSA) is 95.2 Å². The molecule has 1 aliphatic carbocycles. The number of primary amides is 1. The van der Waals surface area contributed by atoms with Gasteiger partial charge in [0, 0.05) is 41.8 Å². The SMILES string of the molecule is NC(=O)C1(c2cc(F)c(CNS(=O)[O-])cc2F)CC(F)(F)C1. The molecular formula is C12H11F4N2O3S-. The van der Waals surface area contributed by atoms with E-state index in [0.717, 1.165) is 0 Å². The number of nitrogens with two attached hydrogens (primary N) is 1. The number of amides is 1. The molecule has 0 aromatic heterocycles. The molecule has 2 rings (SSSR count). The fourth-order valence-electron chi connectivity index (χ4n) is 2.56. The van der Waals surface area contributed by atoms with E-state index < -0.39 is 65.1 Å². The second kappa shape index (κ2) is 5.60. The molecule has 0 radical (unpaired) electrons. The Balaban J connectivity index is 2.38. The van der Waals surface area contributed by atoms with Gasteiger partial charge in [-0.15, -0.1) is 0 Å². The van der Waals surface area contributed by atoms with Crippen LogP contribution in [0.1, 0.15) is 24.0 Å². The van der Waals surface area contributed by atoms with Crippen molar-refractivity contribution in [2.45, 2.75) is 30.7 Å². The Kier molecular flexibility index (Phi) is 4.28. The first kappa shape index (κ1) is 16.8. The maximum atomic E-state index is 14.1. The van der Waals surface area contributed by atoms with E-state index in [4.69, 9.17) is 5.73 Å². The lowest BCUT2D eigenvalue weighted by atomic mass is 9.61. The van der Waals surface area contributed by atoms with Crippen molar-refractivity contribution < 1.29 is 31.1 Å². The Bertz CT molecular complexity index is 646. The molecule has 5 nitrogen and oxygen atoms in total. The maximum Gasteiger partial charge on any atom is 0.250 e. The minimum Gasteiger partial charge on any atom is -0.760 e. The summed E-state index contributed by atoms with van der Waals surface area (Å²) < 4.78 is 76.7. The van der Waals surface area contributed by atoms with Gasteiger partial charge in [0.05, 0.1) is 5.41 Å². The van der Waals surface area contributed by atoms with E-state index in [9.17, 15) is 31.1 Å². The van der Waals surface area contributed by atoms with Crippen molar-refractivity contribution in [3.05, 3.63) is 34.9 Å². The molecule has 3 N–H and O–H groups in total. The lowest BCUT2D eigenvalue weighted by Gasteiger charge is -2.45. The number of hydrogen-bond acceptors (Lipinski definition) is 3. The van der Waals surface area contributed by atoms with Crippen molar-refractivity contribution in [2.75, 3.05) is 0 Å². The average Bonchev–Trinajstić information content (AvgIpc) is 2.35. The van der Waals surface area contributed by atoms with E-state index in [2.05, 4.69) is 0 Å². The van der Waals surface area contributed by atoms with Crippen LogP contribution in [0.4, 0.5) is 17.6 Å². The highest BCUT2D eigenvalue weighted by atomic mass is 32.2. The van der Waals surface area contributed by atoms with Gasteiger partial charge in [0.2, 0.25) is 5.91 Å². The van der Waals surface area contributed by atoms with Crippen molar-refractivity contribution in [3.63, 3.8) is 0 Å². The minimum atomic E-state index is -3.17. The minimum absolute atomic E-state index is 0.323. The highest BCUT2D eigenvalue weighted by Gasteiger charge is 2.62. The van der Waals surface area contributed by atoms with E-state index in [1.54, 1.807) is 0 Å². The summed E-state index contributed by atoms with van der Waals surface area (Å²) in [4.78, 5) is 11.5. The number of halogens is 4. The maximum absolute atomic E-state index is 14.1. The van der Waals surface area contributed by atoms with Gasteiger partial charge in [-0.2, -0.15) is 0 Å². The van der Waals surface area contributed by atoms with Crippen molar-refractivity contribution in [1.29, 1.82) is 0 Å². The Morgan fingerprint density at radius 2 is 1.91 bits per heavy atom. The number of nitrogens with one attached hydrogen (secondary N) is 1. The first-order valence-corrected chi connectivity index (χ1v) is 7.14. The largest absolute Gasteiger partial charge is 0.760 e. The fraction of sp³-hybridized carbons (Fsp3) is 0.417. The van der Waals surface area contributed by atoms with Gasteiger partial charge in [0.15, 0.2) is 0 Å². The van der Waals surface area contributed by atoms with Gasteiger partial charge >= 0.3 is 0 Å². The van der Waals surface area contributed by atoms with Crippen LogP contribution in [0.15, 0.2) is 12.1 Å². The predicted molar refractivity (Wildman–Crippen MR) is 67.2 cm³/mol. The molecule has 122 valence electrons. The van der Waals surface area contributed by atoms with Crippen LogP contribution in [0.5, 0.6) is 0 Å². The van der Waals surface area contributed by atoms with Crippen LogP contribution in [0.2, 0.25) is 0 Å². The molecule has 1 amide bonds. The van der Waals surface area contributed by atoms with Crippen LogP contribution in [0.25, 0.3) is 0 Å². The predicted octanol–water partition coefficient (Wildman–Crippen LogP) is 1.00. The third kappa shape index (κ3) is 2.99. The quantitative estimate of drug-likeness (QED) is 0.619. The van der Waals surface area contributed by atoms with E-state index >= 15 is 0 Å². The van der Waals surface area contributed by atoms with Gasteiger partial charge in [-0.1, -0.05) is 0 Å². The van der Waals surface area contributed by atoms with Gasteiger partial charge in [0.25, 0.3) is 5.92 Å². The van der Waals surface area contributed by atoms with Crippen LogP contribution in [0.3, 0.4) is 0 Å². The number of alkyl halides is 2. The van der Waals surface area contributed by atoms with Gasteiger partial charge in [0.1, 0.15) is 11.6 Å². The van der Waals surface area contributed by atoms with Gasteiger partial charge < -0.3 is 10.3 Å². The molecule has 0 aliphatic heterocycles. The zero-order valence-corrected chi connectivity index (χ0v) is 11.8. The summed E-state index contributed by atoms with van der Waals surface area (Å²) >= 11 is -2.67. The number of rotatable bonds is 5. The van der Waals surface area contributed by atoms with Crippen LogP contribution in [-0.4, -0.2) is 20.6 Å². The fourth-order valence-corrected chi connectivity index (χ4v) is 2.83. The Labute approximate surface area is 125 Å². The second-order valence-electron chi connectivity index (χ2n) is 5.14. The van der Waals surface area contributed by atoms with Crippen LogP contribution in [0, 0.1) is 11.6 Å². The molecule has 0 saturated heterocycles. The summed E-state index contributed by atoms with van der Waals surface area (Å²) in [6.45, 7) is -0.515. The molecular weight excluding hydrogens is 328 g/mol. The standard InChI is InChI=1S/C12H12F4N2O3S/c13-8-2-7(9(14)1-6(8)3-18-22(20)21)11(10(17)19)4-12(15,16)5-11/h1-2,18H,3-5H2,(H2,17,19)(H,20,21)/p-1. The summed E-state index contributed by atoms with van der Waals surface area (Å²) in [5, 5.41) is 0. The average molecular weight is 339 g/mol. The Morgan fingerprint density at radius 1 is 1.32 bits per heavy atom. The third-order valence-electron chi connectivity index (χ3n) is 3.62. The van der Waals surface area contributed by atoms with Crippen LogP contribution in [-0.2, 0) is 28.0 Å². The molecule has 1 aliphatic rings. The second-order valence-corrected chi connectivity index (χ2v) is 5.89. The summed E-state index contributed by atoms with van der Waals surface area (Å²) in [7, 11) is 0. The van der Waals surface area contributed by atoms with E-state index in [-0.39, 0.29) is 5.56 Å². The van der Waals surface area contributed by atoms with Crippen LogP contribution < -0.4 is 10.5 Å². The number of hydrogen-bond donors (Lipinski definition) is 2. The van der Waals surface area contributed by atoms with Gasteiger partial charge in [-0.3, -0.25) is 9.00 Å². The zero-order valence-electron chi connectivity index (χ0n) is 11.0. The number of benzene rings is 1. The number of carbonyl (C=O) groups excluding carboxylic acids is 1. The lowest BCUT2D eigenvalue weighted by Crippen LogP contribution is -2.57. The zero-order chi connectivity index (χ0) is 16.7.